The largest absolute Gasteiger partial charge is 0.348 e. The van der Waals surface area contributed by atoms with E-state index in [-0.39, 0.29) is 0 Å². The van der Waals surface area contributed by atoms with E-state index in [0.717, 1.165) is 18.9 Å². The molecule has 1 N–H and O–H groups in total. The van der Waals surface area contributed by atoms with Crippen LogP contribution in [0.2, 0.25) is 0 Å². The summed E-state index contributed by atoms with van der Waals surface area (Å²) in [4.78, 5) is 10.0. The van der Waals surface area contributed by atoms with Crippen molar-refractivity contribution in [3.05, 3.63) is 53.6 Å². The fourth-order valence-corrected chi connectivity index (χ4v) is 2.99. The van der Waals surface area contributed by atoms with Gasteiger partial charge in [0.25, 0.3) is 0 Å². The van der Waals surface area contributed by atoms with Crippen molar-refractivity contribution in [1.29, 1.82) is 0 Å². The van der Waals surface area contributed by atoms with E-state index in [0.29, 0.717) is 5.92 Å². The summed E-state index contributed by atoms with van der Waals surface area (Å²) in [7, 11) is 0. The molecule has 1 saturated heterocycles. The van der Waals surface area contributed by atoms with Gasteiger partial charge in [-0.25, -0.2) is 4.98 Å². The van der Waals surface area contributed by atoms with Crippen LogP contribution in [0.5, 0.6) is 0 Å². The summed E-state index contributed by atoms with van der Waals surface area (Å²) >= 11 is 0. The van der Waals surface area contributed by atoms with Gasteiger partial charge in [-0.05, 0) is 37.8 Å². The van der Waals surface area contributed by atoms with E-state index < -0.39 is 0 Å². The minimum Gasteiger partial charge on any atom is -0.348 e. The predicted octanol–water partition coefficient (Wildman–Crippen LogP) is 3.10. The molecular formula is C16H21N3. The van der Waals surface area contributed by atoms with Gasteiger partial charge < -0.3 is 4.98 Å². The number of hydrogen-bond donors (Lipinski definition) is 1. The van der Waals surface area contributed by atoms with Crippen LogP contribution in [0.3, 0.4) is 0 Å². The lowest BCUT2D eigenvalue weighted by Gasteiger charge is -2.32. The van der Waals surface area contributed by atoms with E-state index in [4.69, 9.17) is 0 Å². The van der Waals surface area contributed by atoms with Gasteiger partial charge in [0.05, 0.1) is 6.54 Å². The highest BCUT2D eigenvalue weighted by molar-refractivity contribution is 5.26. The Morgan fingerprint density at radius 3 is 3.16 bits per heavy atom. The fourth-order valence-electron chi connectivity index (χ4n) is 2.99. The number of aryl methyl sites for hydroxylation is 1. The molecule has 1 aromatic carbocycles. The fraction of sp³-hybridized carbons (Fsp3) is 0.438. The Bertz CT molecular complexity index is 519. The van der Waals surface area contributed by atoms with Crippen molar-refractivity contribution in [2.45, 2.75) is 32.2 Å². The zero-order valence-corrected chi connectivity index (χ0v) is 11.5. The number of rotatable bonds is 3. The van der Waals surface area contributed by atoms with Gasteiger partial charge >= 0.3 is 0 Å². The number of nitrogens with zero attached hydrogens (tertiary/aromatic N) is 2. The smallest absolute Gasteiger partial charge is 0.120 e. The van der Waals surface area contributed by atoms with Crippen LogP contribution in [-0.2, 0) is 6.54 Å². The molecule has 1 aliphatic heterocycles. The highest BCUT2D eigenvalue weighted by Crippen LogP contribution is 2.27. The molecule has 0 saturated carbocycles. The number of imidazole rings is 1. The van der Waals surface area contributed by atoms with E-state index in [1.165, 1.54) is 30.5 Å². The molecule has 2 heterocycles. The number of aromatic nitrogens is 2. The van der Waals surface area contributed by atoms with Crippen molar-refractivity contribution < 1.29 is 0 Å². The summed E-state index contributed by atoms with van der Waals surface area (Å²) in [6.45, 7) is 5.44. The first-order valence-corrected chi connectivity index (χ1v) is 7.08. The average Bonchev–Trinajstić information content (AvgIpc) is 2.92. The maximum Gasteiger partial charge on any atom is 0.120 e. The molecule has 19 heavy (non-hydrogen) atoms. The molecule has 3 rings (SSSR count). The number of likely N-dealkylation sites (tertiary alicyclic amines) is 1. The lowest BCUT2D eigenvalue weighted by molar-refractivity contribution is 0.196. The molecule has 0 amide bonds. The van der Waals surface area contributed by atoms with Crippen molar-refractivity contribution >= 4 is 0 Å². The SMILES string of the molecule is Cc1cccc([C@@H]2CCCN(Cc3ncc[nH]3)C2)c1. The van der Waals surface area contributed by atoms with Crippen molar-refractivity contribution in [2.24, 2.45) is 0 Å². The predicted molar refractivity (Wildman–Crippen MR) is 77.0 cm³/mol. The molecule has 0 unspecified atom stereocenters. The third kappa shape index (κ3) is 3.04. The van der Waals surface area contributed by atoms with Gasteiger partial charge in [0.15, 0.2) is 0 Å². The molecule has 0 spiro atoms. The van der Waals surface area contributed by atoms with Crippen LogP contribution in [0, 0.1) is 6.92 Å². The summed E-state index contributed by atoms with van der Waals surface area (Å²) < 4.78 is 0. The normalized spacial score (nSPS) is 20.6. The third-order valence-corrected chi connectivity index (χ3v) is 3.95. The Hall–Kier alpha value is -1.61. The van der Waals surface area contributed by atoms with Crippen molar-refractivity contribution in [3.63, 3.8) is 0 Å². The first kappa shape index (κ1) is 12.4. The molecule has 2 aromatic rings. The molecule has 1 fully saturated rings. The van der Waals surface area contributed by atoms with Gasteiger partial charge in [0.1, 0.15) is 5.82 Å². The number of piperidine rings is 1. The number of hydrogen-bond acceptors (Lipinski definition) is 2. The van der Waals surface area contributed by atoms with Gasteiger partial charge in [0.2, 0.25) is 0 Å². The van der Waals surface area contributed by atoms with Gasteiger partial charge in [-0.3, -0.25) is 4.90 Å². The molecule has 0 bridgehead atoms. The molecule has 0 radical (unpaired) electrons. The van der Waals surface area contributed by atoms with Crippen LogP contribution in [0.15, 0.2) is 36.7 Å². The number of H-pyrrole nitrogens is 1. The standard InChI is InChI=1S/C16H21N3/c1-13-4-2-5-14(10-13)15-6-3-9-19(11-15)12-16-17-7-8-18-16/h2,4-5,7-8,10,15H,3,6,9,11-12H2,1H3,(H,17,18)/t15-/m1/s1. The maximum atomic E-state index is 4.33. The Morgan fingerprint density at radius 1 is 1.42 bits per heavy atom. The number of benzene rings is 1. The average molecular weight is 255 g/mol. The Kier molecular flexibility index (Phi) is 3.65. The monoisotopic (exact) mass is 255 g/mol. The summed E-state index contributed by atoms with van der Waals surface area (Å²) in [5.41, 5.74) is 2.85. The van der Waals surface area contributed by atoms with E-state index in [1.807, 2.05) is 12.4 Å². The van der Waals surface area contributed by atoms with Crippen LogP contribution < -0.4 is 0 Å². The summed E-state index contributed by atoms with van der Waals surface area (Å²) in [6, 6.07) is 8.96. The second kappa shape index (κ2) is 5.57. The molecule has 100 valence electrons. The molecule has 3 nitrogen and oxygen atoms in total. The highest BCUT2D eigenvalue weighted by Gasteiger charge is 2.21. The van der Waals surface area contributed by atoms with Crippen molar-refractivity contribution in [3.8, 4) is 0 Å². The van der Waals surface area contributed by atoms with Gasteiger partial charge in [-0.2, -0.15) is 0 Å². The van der Waals surface area contributed by atoms with Crippen LogP contribution >= 0.6 is 0 Å². The van der Waals surface area contributed by atoms with E-state index in [1.54, 1.807) is 0 Å². The lowest BCUT2D eigenvalue weighted by atomic mass is 9.90. The summed E-state index contributed by atoms with van der Waals surface area (Å²) in [5.74, 6) is 1.74. The Morgan fingerprint density at radius 2 is 2.37 bits per heavy atom. The highest BCUT2D eigenvalue weighted by atomic mass is 15.2. The molecule has 0 aliphatic carbocycles. The van der Waals surface area contributed by atoms with Gasteiger partial charge in [-0.15, -0.1) is 0 Å². The zero-order chi connectivity index (χ0) is 13.1. The summed E-state index contributed by atoms with van der Waals surface area (Å²) in [6.07, 6.45) is 6.31. The zero-order valence-electron chi connectivity index (χ0n) is 11.5. The first-order valence-electron chi connectivity index (χ1n) is 7.08. The third-order valence-electron chi connectivity index (χ3n) is 3.95. The van der Waals surface area contributed by atoms with Crippen LogP contribution in [0.4, 0.5) is 0 Å². The van der Waals surface area contributed by atoms with E-state index in [2.05, 4.69) is 46.1 Å². The van der Waals surface area contributed by atoms with Crippen molar-refractivity contribution in [1.82, 2.24) is 14.9 Å². The Balaban J connectivity index is 1.67. The number of aromatic amines is 1. The molecule has 1 aromatic heterocycles. The Labute approximate surface area is 114 Å². The van der Waals surface area contributed by atoms with Crippen LogP contribution in [-0.4, -0.2) is 28.0 Å². The topological polar surface area (TPSA) is 31.9 Å². The quantitative estimate of drug-likeness (QED) is 0.914. The first-order chi connectivity index (χ1) is 9.31. The van der Waals surface area contributed by atoms with Crippen molar-refractivity contribution in [2.75, 3.05) is 13.1 Å². The van der Waals surface area contributed by atoms with Crippen LogP contribution in [0.1, 0.15) is 35.7 Å². The van der Waals surface area contributed by atoms with Gasteiger partial charge in [-0.1, -0.05) is 29.8 Å². The molecular weight excluding hydrogens is 234 g/mol. The van der Waals surface area contributed by atoms with Gasteiger partial charge in [0, 0.05) is 18.9 Å². The van der Waals surface area contributed by atoms with E-state index in [9.17, 15) is 0 Å². The molecule has 3 heteroatoms. The molecule has 1 atom stereocenters. The van der Waals surface area contributed by atoms with E-state index >= 15 is 0 Å². The molecule has 1 aliphatic rings. The minimum atomic E-state index is 0.670. The van der Waals surface area contributed by atoms with Crippen LogP contribution in [0.25, 0.3) is 0 Å². The second-order valence-corrected chi connectivity index (χ2v) is 5.52. The lowest BCUT2D eigenvalue weighted by Crippen LogP contribution is -2.34. The maximum absolute atomic E-state index is 4.33. The second-order valence-electron chi connectivity index (χ2n) is 5.52. The minimum absolute atomic E-state index is 0.670. The summed E-state index contributed by atoms with van der Waals surface area (Å²) in [5, 5.41) is 0. The number of nitrogens with one attached hydrogen (secondary N) is 1.